The van der Waals surface area contributed by atoms with E-state index < -0.39 is 41.8 Å². The number of nitrogens with one attached hydrogen (secondary N) is 1. The third-order valence-corrected chi connectivity index (χ3v) is 7.68. The summed E-state index contributed by atoms with van der Waals surface area (Å²) >= 11 is 0. The SMILES string of the molecule is FC(F)(F)c1cc(CN(Cc2cc3cccc(C(F)(F)F)c3nc2CN(C2CC2)C2CC2)c2nn[nH]n2)cc(C(F)(F)F)c1. The van der Waals surface area contributed by atoms with Crippen molar-refractivity contribution in [1.82, 2.24) is 30.5 Å². The molecule has 0 bridgehead atoms. The van der Waals surface area contributed by atoms with E-state index in [-0.39, 0.29) is 53.7 Å². The zero-order valence-electron chi connectivity index (χ0n) is 22.7. The maximum Gasteiger partial charge on any atom is 0.418 e. The van der Waals surface area contributed by atoms with Crippen molar-refractivity contribution in [3.63, 3.8) is 0 Å². The minimum absolute atomic E-state index is 0.0378. The molecule has 0 aliphatic heterocycles. The first-order valence-corrected chi connectivity index (χ1v) is 13.7. The van der Waals surface area contributed by atoms with Crippen LogP contribution in [0.5, 0.6) is 0 Å². The van der Waals surface area contributed by atoms with Crippen LogP contribution in [0.4, 0.5) is 45.5 Å². The summed E-state index contributed by atoms with van der Waals surface area (Å²) in [5.41, 5.74) is -3.70. The van der Waals surface area contributed by atoms with Gasteiger partial charge in [0, 0.05) is 37.1 Å². The monoisotopic (exact) mass is 629 g/mol. The van der Waals surface area contributed by atoms with Crippen LogP contribution in [0, 0.1) is 0 Å². The van der Waals surface area contributed by atoms with Crippen molar-refractivity contribution in [2.45, 2.75) is 75.9 Å². The van der Waals surface area contributed by atoms with Crippen molar-refractivity contribution < 1.29 is 39.5 Å². The molecule has 2 aromatic heterocycles. The van der Waals surface area contributed by atoms with Crippen LogP contribution >= 0.6 is 0 Å². The van der Waals surface area contributed by atoms with Crippen molar-refractivity contribution in [1.29, 1.82) is 0 Å². The Bertz CT molecular complexity index is 1600. The number of H-pyrrole nitrogens is 1. The molecule has 7 nitrogen and oxygen atoms in total. The smallest absolute Gasteiger partial charge is 0.329 e. The molecule has 2 heterocycles. The Morgan fingerprint density at radius 1 is 0.750 bits per heavy atom. The van der Waals surface area contributed by atoms with Crippen molar-refractivity contribution >= 4 is 16.9 Å². The number of aromatic amines is 1. The summed E-state index contributed by atoms with van der Waals surface area (Å²) in [6, 6.07) is 6.96. The second kappa shape index (κ2) is 10.9. The lowest BCUT2D eigenvalue weighted by molar-refractivity contribution is -0.143. The highest BCUT2D eigenvalue weighted by Gasteiger charge is 2.40. The van der Waals surface area contributed by atoms with Gasteiger partial charge in [-0.05, 0) is 72.4 Å². The first-order chi connectivity index (χ1) is 20.7. The first kappa shape index (κ1) is 30.1. The summed E-state index contributed by atoms with van der Waals surface area (Å²) < 4.78 is 123. The fraction of sp³-hybridized carbons (Fsp3) is 0.429. The van der Waals surface area contributed by atoms with E-state index in [1.54, 1.807) is 0 Å². The van der Waals surface area contributed by atoms with Gasteiger partial charge in [-0.25, -0.2) is 0 Å². The maximum absolute atomic E-state index is 13.9. The number of pyridine rings is 1. The number of nitrogens with zero attached hydrogens (tertiary/aromatic N) is 6. The van der Waals surface area contributed by atoms with Crippen LogP contribution in [0.15, 0.2) is 42.5 Å². The summed E-state index contributed by atoms with van der Waals surface area (Å²) in [5, 5.41) is 13.6. The lowest BCUT2D eigenvalue weighted by Gasteiger charge is -2.26. The molecular formula is C28H24F9N7. The van der Waals surface area contributed by atoms with Gasteiger partial charge in [-0.2, -0.15) is 44.7 Å². The fourth-order valence-electron chi connectivity index (χ4n) is 5.35. The molecule has 0 radical (unpaired) electrons. The Morgan fingerprint density at radius 3 is 1.91 bits per heavy atom. The van der Waals surface area contributed by atoms with Crippen LogP contribution in [-0.4, -0.2) is 42.6 Å². The van der Waals surface area contributed by atoms with Gasteiger partial charge in [-0.1, -0.05) is 17.2 Å². The number of tetrazole rings is 1. The van der Waals surface area contributed by atoms with E-state index in [1.165, 1.54) is 23.1 Å². The summed E-state index contributed by atoms with van der Waals surface area (Å²) in [4.78, 5) is 7.99. The van der Waals surface area contributed by atoms with E-state index in [9.17, 15) is 39.5 Å². The Hall–Kier alpha value is -3.95. The Kier molecular flexibility index (Phi) is 7.45. The van der Waals surface area contributed by atoms with Gasteiger partial charge in [-0.15, -0.1) is 5.10 Å². The van der Waals surface area contributed by atoms with E-state index in [4.69, 9.17) is 0 Å². The van der Waals surface area contributed by atoms with Crippen LogP contribution in [-0.2, 0) is 38.2 Å². The molecule has 1 N–H and O–H groups in total. The van der Waals surface area contributed by atoms with Crippen LogP contribution in [0.2, 0.25) is 0 Å². The quantitative estimate of drug-likeness (QED) is 0.199. The third-order valence-electron chi connectivity index (χ3n) is 7.68. The molecule has 0 spiro atoms. The van der Waals surface area contributed by atoms with Crippen molar-refractivity contribution in [2.24, 2.45) is 0 Å². The van der Waals surface area contributed by atoms with Gasteiger partial charge in [0.2, 0.25) is 0 Å². The second-order valence-corrected chi connectivity index (χ2v) is 11.1. The van der Waals surface area contributed by atoms with Gasteiger partial charge in [0.15, 0.2) is 0 Å². The van der Waals surface area contributed by atoms with Crippen molar-refractivity contribution in [3.05, 3.63) is 76.0 Å². The molecule has 2 aromatic carbocycles. The molecule has 2 fully saturated rings. The molecule has 2 saturated carbocycles. The molecule has 2 aliphatic carbocycles. The van der Waals surface area contributed by atoms with Crippen LogP contribution in [0.3, 0.4) is 0 Å². The minimum Gasteiger partial charge on any atom is -0.329 e. The molecule has 0 saturated heterocycles. The predicted octanol–water partition coefficient (Wildman–Crippen LogP) is 7.14. The van der Waals surface area contributed by atoms with Crippen molar-refractivity contribution in [2.75, 3.05) is 4.90 Å². The summed E-state index contributed by atoms with van der Waals surface area (Å²) in [7, 11) is 0. The largest absolute Gasteiger partial charge is 0.418 e. The highest BCUT2D eigenvalue weighted by Crippen LogP contribution is 2.41. The number of alkyl halides is 9. The van der Waals surface area contributed by atoms with Crippen LogP contribution in [0.1, 0.15) is 59.2 Å². The van der Waals surface area contributed by atoms with Gasteiger partial charge >= 0.3 is 18.5 Å². The van der Waals surface area contributed by atoms with E-state index in [1.807, 2.05) is 0 Å². The molecule has 0 amide bonds. The second-order valence-electron chi connectivity index (χ2n) is 11.1. The van der Waals surface area contributed by atoms with Crippen LogP contribution < -0.4 is 4.90 Å². The number of aromatic nitrogens is 5. The number of anilines is 1. The van der Waals surface area contributed by atoms with Gasteiger partial charge < -0.3 is 4.90 Å². The topological polar surface area (TPSA) is 73.8 Å². The number of fused-ring (bicyclic) bond motifs is 1. The van der Waals surface area contributed by atoms with Gasteiger partial charge in [0.05, 0.1) is 27.9 Å². The van der Waals surface area contributed by atoms with E-state index in [0.29, 0.717) is 23.4 Å². The summed E-state index contributed by atoms with van der Waals surface area (Å²) in [6.07, 6.45) is -11.0. The molecule has 234 valence electrons. The molecule has 16 heteroatoms. The minimum atomic E-state index is -5.05. The van der Waals surface area contributed by atoms with Crippen LogP contribution in [0.25, 0.3) is 10.9 Å². The lowest BCUT2D eigenvalue weighted by atomic mass is 10.0. The van der Waals surface area contributed by atoms with Gasteiger partial charge in [-0.3, -0.25) is 9.88 Å². The predicted molar refractivity (Wildman–Crippen MR) is 139 cm³/mol. The number of para-hydroxylation sites is 1. The normalized spacial score (nSPS) is 16.2. The lowest BCUT2D eigenvalue weighted by Crippen LogP contribution is -2.30. The number of halogens is 9. The Balaban J connectivity index is 1.43. The maximum atomic E-state index is 13.9. The number of hydrogen-bond acceptors (Lipinski definition) is 6. The Labute approximate surface area is 244 Å². The molecule has 0 unspecified atom stereocenters. The van der Waals surface area contributed by atoms with E-state index in [0.717, 1.165) is 31.7 Å². The third kappa shape index (κ3) is 6.59. The molecular weight excluding hydrogens is 605 g/mol. The average molecular weight is 630 g/mol. The molecule has 6 rings (SSSR count). The highest BCUT2D eigenvalue weighted by molar-refractivity contribution is 5.83. The number of hydrogen-bond donors (Lipinski definition) is 1. The molecule has 0 atom stereocenters. The van der Waals surface area contributed by atoms with Gasteiger partial charge in [0.25, 0.3) is 5.95 Å². The zero-order valence-corrected chi connectivity index (χ0v) is 22.7. The Morgan fingerprint density at radius 2 is 1.39 bits per heavy atom. The standard InChI is InChI=1S/C28H24F9N7/c29-26(30,31)18-8-15(9-19(11-18)27(32,33)34)12-43(25-39-41-42-40-25)13-17-10-16-2-1-3-22(28(35,36)37)24(16)38-23(17)14-44(20-4-5-20)21-6-7-21/h1-3,8-11,20-21H,4-7,12-14H2,(H,39,40,41,42). The van der Waals surface area contributed by atoms with E-state index in [2.05, 4.69) is 30.5 Å². The van der Waals surface area contributed by atoms with Crippen molar-refractivity contribution in [3.8, 4) is 0 Å². The summed E-state index contributed by atoms with van der Waals surface area (Å²) in [5.74, 6) is -0.132. The first-order valence-electron chi connectivity index (χ1n) is 13.7. The summed E-state index contributed by atoms with van der Waals surface area (Å²) in [6.45, 7) is -0.453. The molecule has 44 heavy (non-hydrogen) atoms. The zero-order chi connectivity index (χ0) is 31.4. The average Bonchev–Trinajstić information content (AvgIpc) is 3.88. The number of rotatable bonds is 9. The molecule has 4 aromatic rings. The van der Waals surface area contributed by atoms with E-state index >= 15 is 0 Å². The fourth-order valence-corrected chi connectivity index (χ4v) is 5.35. The number of benzene rings is 2. The molecule has 2 aliphatic rings. The highest BCUT2D eigenvalue weighted by atomic mass is 19.4. The van der Waals surface area contributed by atoms with Gasteiger partial charge in [0.1, 0.15) is 0 Å².